The van der Waals surface area contributed by atoms with Crippen molar-refractivity contribution in [3.8, 4) is 0 Å². The van der Waals surface area contributed by atoms with Gasteiger partial charge >= 0.3 is 0 Å². The number of hydrogen-bond donors (Lipinski definition) is 0. The first kappa shape index (κ1) is 12.7. The molecule has 2 nitrogen and oxygen atoms in total. The highest BCUT2D eigenvalue weighted by Gasteiger charge is 2.16. The summed E-state index contributed by atoms with van der Waals surface area (Å²) in [7, 11) is 0. The SMILES string of the molecule is Cc1cccc2nc(C(C)Cl)n(Cc3cccs3)c12. The van der Waals surface area contributed by atoms with Crippen molar-refractivity contribution in [1.29, 1.82) is 0 Å². The third-order valence-corrected chi connectivity index (χ3v) is 4.30. The van der Waals surface area contributed by atoms with Gasteiger partial charge in [-0.2, -0.15) is 0 Å². The Balaban J connectivity index is 2.21. The number of rotatable bonds is 3. The largest absolute Gasteiger partial charge is 0.321 e. The van der Waals surface area contributed by atoms with Gasteiger partial charge in [0.15, 0.2) is 0 Å². The zero-order chi connectivity index (χ0) is 13.4. The Morgan fingerprint density at radius 2 is 2.16 bits per heavy atom. The minimum absolute atomic E-state index is 0.0910. The number of para-hydroxylation sites is 1. The molecule has 0 spiro atoms. The maximum atomic E-state index is 6.29. The number of thiophene rings is 1. The van der Waals surface area contributed by atoms with E-state index in [0.717, 1.165) is 17.9 Å². The zero-order valence-electron chi connectivity index (χ0n) is 10.9. The van der Waals surface area contributed by atoms with Crippen LogP contribution in [0.25, 0.3) is 11.0 Å². The van der Waals surface area contributed by atoms with Gasteiger partial charge in [-0.15, -0.1) is 22.9 Å². The summed E-state index contributed by atoms with van der Waals surface area (Å²) in [6.45, 7) is 4.94. The molecular weight excluding hydrogens is 276 g/mol. The molecule has 0 saturated heterocycles. The zero-order valence-corrected chi connectivity index (χ0v) is 12.5. The Morgan fingerprint density at radius 3 is 2.84 bits per heavy atom. The van der Waals surface area contributed by atoms with E-state index in [1.807, 2.05) is 13.0 Å². The summed E-state index contributed by atoms with van der Waals surface area (Å²) in [6, 6.07) is 10.4. The highest BCUT2D eigenvalue weighted by molar-refractivity contribution is 7.09. The molecule has 1 unspecified atom stereocenters. The molecule has 4 heteroatoms. The van der Waals surface area contributed by atoms with Gasteiger partial charge in [-0.25, -0.2) is 4.98 Å². The fourth-order valence-corrected chi connectivity index (χ4v) is 3.26. The van der Waals surface area contributed by atoms with Gasteiger partial charge in [0, 0.05) is 4.88 Å². The Hall–Kier alpha value is -1.32. The van der Waals surface area contributed by atoms with Crippen LogP contribution in [-0.4, -0.2) is 9.55 Å². The molecule has 98 valence electrons. The van der Waals surface area contributed by atoms with E-state index in [1.165, 1.54) is 16.0 Å². The lowest BCUT2D eigenvalue weighted by molar-refractivity contribution is 0.749. The Morgan fingerprint density at radius 1 is 1.32 bits per heavy atom. The third kappa shape index (κ3) is 2.28. The van der Waals surface area contributed by atoms with Crippen LogP contribution in [0.4, 0.5) is 0 Å². The van der Waals surface area contributed by atoms with Gasteiger partial charge in [0.05, 0.1) is 23.0 Å². The van der Waals surface area contributed by atoms with Crippen molar-refractivity contribution in [2.45, 2.75) is 25.8 Å². The lowest BCUT2D eigenvalue weighted by atomic mass is 10.2. The summed E-state index contributed by atoms with van der Waals surface area (Å²) in [5, 5.41) is 2.01. The molecule has 1 aromatic carbocycles. The molecule has 2 aromatic heterocycles. The van der Waals surface area contributed by atoms with Gasteiger partial charge in [-0.1, -0.05) is 18.2 Å². The van der Waals surface area contributed by atoms with Crippen LogP contribution in [0.2, 0.25) is 0 Å². The lowest BCUT2D eigenvalue weighted by Crippen LogP contribution is -2.05. The minimum Gasteiger partial charge on any atom is -0.321 e. The highest BCUT2D eigenvalue weighted by atomic mass is 35.5. The van der Waals surface area contributed by atoms with Gasteiger partial charge in [-0.3, -0.25) is 0 Å². The van der Waals surface area contributed by atoms with E-state index >= 15 is 0 Å². The quantitative estimate of drug-likeness (QED) is 0.636. The van der Waals surface area contributed by atoms with Gasteiger partial charge in [0.2, 0.25) is 0 Å². The Labute approximate surface area is 121 Å². The van der Waals surface area contributed by atoms with Crippen molar-refractivity contribution < 1.29 is 0 Å². The average Bonchev–Trinajstić information content (AvgIpc) is 2.98. The predicted octanol–water partition coefficient (Wildman–Crippen LogP) is 4.75. The minimum atomic E-state index is -0.0910. The van der Waals surface area contributed by atoms with Crippen molar-refractivity contribution in [2.24, 2.45) is 0 Å². The standard InChI is InChI=1S/C15H15ClN2S/c1-10-5-3-7-13-14(10)18(15(17-13)11(2)16)9-12-6-4-8-19-12/h3-8,11H,9H2,1-2H3. The molecule has 2 heterocycles. The molecule has 1 atom stereocenters. The molecule has 0 N–H and O–H groups in total. The topological polar surface area (TPSA) is 17.8 Å². The molecule has 0 fully saturated rings. The summed E-state index contributed by atoms with van der Waals surface area (Å²) in [4.78, 5) is 6.01. The van der Waals surface area contributed by atoms with Crippen LogP contribution >= 0.6 is 22.9 Å². The molecular formula is C15H15ClN2S. The third-order valence-electron chi connectivity index (χ3n) is 3.25. The first-order valence-electron chi connectivity index (χ1n) is 6.29. The molecule has 0 radical (unpaired) electrons. The van der Waals surface area contributed by atoms with E-state index in [2.05, 4.69) is 46.1 Å². The first-order chi connectivity index (χ1) is 9.16. The molecule has 3 rings (SSSR count). The average molecular weight is 291 g/mol. The predicted molar refractivity (Wildman–Crippen MR) is 82.2 cm³/mol. The summed E-state index contributed by atoms with van der Waals surface area (Å²) in [5.74, 6) is 0.944. The van der Waals surface area contributed by atoms with E-state index in [4.69, 9.17) is 11.6 Å². The number of halogens is 1. The van der Waals surface area contributed by atoms with Gasteiger partial charge in [0.1, 0.15) is 5.82 Å². The van der Waals surface area contributed by atoms with Crippen molar-refractivity contribution in [1.82, 2.24) is 9.55 Å². The van der Waals surface area contributed by atoms with E-state index in [9.17, 15) is 0 Å². The van der Waals surface area contributed by atoms with Crippen LogP contribution in [0, 0.1) is 6.92 Å². The Bertz CT molecular complexity index is 698. The smallest absolute Gasteiger partial charge is 0.128 e. The second-order valence-electron chi connectivity index (χ2n) is 4.69. The van der Waals surface area contributed by atoms with Crippen LogP contribution < -0.4 is 0 Å². The van der Waals surface area contributed by atoms with Crippen LogP contribution in [0.5, 0.6) is 0 Å². The molecule has 0 aliphatic heterocycles. The molecule has 0 aliphatic rings. The molecule has 19 heavy (non-hydrogen) atoms. The summed E-state index contributed by atoms with van der Waals surface area (Å²) in [5.41, 5.74) is 3.46. The molecule has 0 saturated carbocycles. The van der Waals surface area contributed by atoms with Crippen LogP contribution in [0.15, 0.2) is 35.7 Å². The number of nitrogens with zero attached hydrogens (tertiary/aromatic N) is 2. The molecule has 0 bridgehead atoms. The fourth-order valence-electron chi connectivity index (χ4n) is 2.41. The van der Waals surface area contributed by atoms with E-state index in [1.54, 1.807) is 11.3 Å². The maximum Gasteiger partial charge on any atom is 0.128 e. The van der Waals surface area contributed by atoms with E-state index in [0.29, 0.717) is 0 Å². The summed E-state index contributed by atoms with van der Waals surface area (Å²) >= 11 is 8.06. The maximum absolute atomic E-state index is 6.29. The second kappa shape index (κ2) is 4.99. The first-order valence-corrected chi connectivity index (χ1v) is 7.60. The number of aromatic nitrogens is 2. The monoisotopic (exact) mass is 290 g/mol. The summed E-state index contributed by atoms with van der Waals surface area (Å²) < 4.78 is 2.24. The fraction of sp³-hybridized carbons (Fsp3) is 0.267. The molecule has 0 aliphatic carbocycles. The lowest BCUT2D eigenvalue weighted by Gasteiger charge is -2.10. The number of aryl methyl sites for hydroxylation is 1. The van der Waals surface area contributed by atoms with Crippen molar-refractivity contribution in [3.05, 3.63) is 52.0 Å². The van der Waals surface area contributed by atoms with E-state index in [-0.39, 0.29) is 5.38 Å². The number of fused-ring (bicyclic) bond motifs is 1. The van der Waals surface area contributed by atoms with Gasteiger partial charge in [-0.05, 0) is 36.9 Å². The normalized spacial score (nSPS) is 13.0. The van der Waals surface area contributed by atoms with Crippen LogP contribution in [0.3, 0.4) is 0 Å². The van der Waals surface area contributed by atoms with Crippen molar-refractivity contribution in [3.63, 3.8) is 0 Å². The molecule has 0 amide bonds. The summed E-state index contributed by atoms with van der Waals surface area (Å²) in [6.07, 6.45) is 0. The molecule has 3 aromatic rings. The van der Waals surface area contributed by atoms with Gasteiger partial charge in [0.25, 0.3) is 0 Å². The van der Waals surface area contributed by atoms with Crippen molar-refractivity contribution >= 4 is 34.0 Å². The Kier molecular flexibility index (Phi) is 3.33. The van der Waals surface area contributed by atoms with Gasteiger partial charge < -0.3 is 4.57 Å². The van der Waals surface area contributed by atoms with E-state index < -0.39 is 0 Å². The number of imidazole rings is 1. The van der Waals surface area contributed by atoms with Crippen molar-refractivity contribution in [2.75, 3.05) is 0 Å². The number of benzene rings is 1. The number of alkyl halides is 1. The van der Waals surface area contributed by atoms with Crippen LogP contribution in [-0.2, 0) is 6.54 Å². The second-order valence-corrected chi connectivity index (χ2v) is 6.38. The highest BCUT2D eigenvalue weighted by Crippen LogP contribution is 2.28. The van der Waals surface area contributed by atoms with Crippen LogP contribution in [0.1, 0.15) is 28.6 Å². The number of hydrogen-bond acceptors (Lipinski definition) is 2.